The van der Waals surface area contributed by atoms with Crippen LogP contribution in [-0.4, -0.2) is 27.2 Å². The number of ether oxygens (including phenoxy) is 1. The summed E-state index contributed by atoms with van der Waals surface area (Å²) >= 11 is 0. The first-order valence-electron chi connectivity index (χ1n) is 6.76. The van der Waals surface area contributed by atoms with Crippen LogP contribution in [0, 0.1) is 0 Å². The van der Waals surface area contributed by atoms with Gasteiger partial charge in [0, 0.05) is 12.1 Å². The molecule has 0 saturated heterocycles. The van der Waals surface area contributed by atoms with E-state index in [0.29, 0.717) is 0 Å². The second-order valence-corrected chi connectivity index (χ2v) is 4.60. The van der Waals surface area contributed by atoms with Gasteiger partial charge in [0.25, 0.3) is 0 Å². The third-order valence-corrected chi connectivity index (χ3v) is 3.30. The maximum atomic E-state index is 5.48. The Bertz CT molecular complexity index is 535. The predicted molar refractivity (Wildman–Crippen MR) is 80.8 cm³/mol. The van der Waals surface area contributed by atoms with Gasteiger partial charge in [-0.05, 0) is 43.4 Å². The molecule has 0 radical (unpaired) electrons. The molecule has 2 rings (SSSR count). The highest BCUT2D eigenvalue weighted by atomic mass is 35.5. The monoisotopic (exact) mass is 328 g/mol. The van der Waals surface area contributed by atoms with E-state index in [-0.39, 0.29) is 24.8 Å². The SMILES string of the molecule is CNCCCNCc1c(OC)ccc2ccccc12.[Cl-].[Cl-]. The molecule has 0 heterocycles. The number of rotatable bonds is 7. The van der Waals surface area contributed by atoms with E-state index >= 15 is 0 Å². The molecule has 0 fully saturated rings. The molecule has 0 aromatic heterocycles. The molecule has 21 heavy (non-hydrogen) atoms. The van der Waals surface area contributed by atoms with Crippen LogP contribution in [0.4, 0.5) is 0 Å². The standard InChI is InChI=1S/C16H22N2O.2ClH/c1-17-10-5-11-18-12-15-14-7-4-3-6-13(14)8-9-16(15)19-2;;/h3-4,6-9,17-18H,5,10-12H2,1-2H3;2*1H/p-2. The van der Waals surface area contributed by atoms with Gasteiger partial charge in [0.15, 0.2) is 0 Å². The molecule has 0 spiro atoms. The van der Waals surface area contributed by atoms with E-state index in [4.69, 9.17) is 4.74 Å². The van der Waals surface area contributed by atoms with Gasteiger partial charge < -0.3 is 40.2 Å². The van der Waals surface area contributed by atoms with Crippen LogP contribution in [0.3, 0.4) is 0 Å². The van der Waals surface area contributed by atoms with Crippen molar-refractivity contribution < 1.29 is 29.6 Å². The van der Waals surface area contributed by atoms with Gasteiger partial charge in [-0.3, -0.25) is 0 Å². The van der Waals surface area contributed by atoms with Crippen LogP contribution < -0.4 is 40.2 Å². The second-order valence-electron chi connectivity index (χ2n) is 4.60. The van der Waals surface area contributed by atoms with E-state index in [2.05, 4.69) is 41.0 Å². The summed E-state index contributed by atoms with van der Waals surface area (Å²) in [5.41, 5.74) is 1.24. The number of hydrogen-bond acceptors (Lipinski definition) is 3. The van der Waals surface area contributed by atoms with Crippen LogP contribution in [0.1, 0.15) is 12.0 Å². The maximum absolute atomic E-state index is 5.48. The smallest absolute Gasteiger partial charge is 0.123 e. The Hall–Kier alpha value is -1.000. The molecule has 118 valence electrons. The van der Waals surface area contributed by atoms with Crippen LogP contribution in [0.2, 0.25) is 0 Å². The van der Waals surface area contributed by atoms with Crippen molar-refractivity contribution in [2.45, 2.75) is 13.0 Å². The third-order valence-electron chi connectivity index (χ3n) is 3.30. The van der Waals surface area contributed by atoms with Crippen LogP contribution >= 0.6 is 0 Å². The fraction of sp³-hybridized carbons (Fsp3) is 0.375. The molecule has 2 aromatic carbocycles. The zero-order chi connectivity index (χ0) is 13.5. The summed E-state index contributed by atoms with van der Waals surface area (Å²) < 4.78 is 5.48. The first-order valence-corrected chi connectivity index (χ1v) is 6.76. The highest BCUT2D eigenvalue weighted by Gasteiger charge is 2.07. The van der Waals surface area contributed by atoms with Gasteiger partial charge in [0.2, 0.25) is 0 Å². The molecule has 5 heteroatoms. The zero-order valence-corrected chi connectivity index (χ0v) is 14.0. The summed E-state index contributed by atoms with van der Waals surface area (Å²) in [5, 5.41) is 9.16. The Kier molecular flexibility index (Phi) is 10.2. The van der Waals surface area contributed by atoms with Crippen LogP contribution in [0.25, 0.3) is 10.8 Å². The molecule has 2 aromatic rings. The van der Waals surface area contributed by atoms with Gasteiger partial charge in [-0.15, -0.1) is 0 Å². The molecule has 0 atom stereocenters. The number of fused-ring (bicyclic) bond motifs is 1. The van der Waals surface area contributed by atoms with Crippen LogP contribution in [-0.2, 0) is 6.54 Å². The number of nitrogens with one attached hydrogen (secondary N) is 2. The second kappa shape index (κ2) is 10.7. The summed E-state index contributed by atoms with van der Waals surface area (Å²) in [6, 6.07) is 12.6. The average Bonchev–Trinajstić information content (AvgIpc) is 2.47. The lowest BCUT2D eigenvalue weighted by atomic mass is 10.0. The molecule has 0 unspecified atom stereocenters. The van der Waals surface area contributed by atoms with Crippen molar-refractivity contribution in [3.05, 3.63) is 42.0 Å². The number of halogens is 2. The van der Waals surface area contributed by atoms with Crippen molar-refractivity contribution in [3.8, 4) is 5.75 Å². The van der Waals surface area contributed by atoms with E-state index in [9.17, 15) is 0 Å². The first-order chi connectivity index (χ1) is 9.36. The van der Waals surface area contributed by atoms with Crippen LogP contribution in [0.5, 0.6) is 5.75 Å². The van der Waals surface area contributed by atoms with E-state index in [1.807, 2.05) is 13.1 Å². The molecule has 0 amide bonds. The lowest BCUT2D eigenvalue weighted by Crippen LogP contribution is -3.00. The molecule has 0 aliphatic rings. The fourth-order valence-corrected chi connectivity index (χ4v) is 2.29. The Balaban J connectivity index is 0.00000200. The molecular formula is C16H22Cl2N2O-2. The average molecular weight is 329 g/mol. The summed E-state index contributed by atoms with van der Waals surface area (Å²) in [7, 11) is 3.71. The quantitative estimate of drug-likeness (QED) is 0.519. The van der Waals surface area contributed by atoms with Crippen molar-refractivity contribution in [1.82, 2.24) is 10.6 Å². The third kappa shape index (κ3) is 5.36. The van der Waals surface area contributed by atoms with Gasteiger partial charge in [-0.2, -0.15) is 0 Å². The molecular weight excluding hydrogens is 307 g/mol. The Morgan fingerprint density at radius 1 is 1.00 bits per heavy atom. The summed E-state index contributed by atoms with van der Waals surface area (Å²) in [6.45, 7) is 2.89. The maximum Gasteiger partial charge on any atom is 0.123 e. The van der Waals surface area contributed by atoms with E-state index in [1.165, 1.54) is 16.3 Å². The van der Waals surface area contributed by atoms with Gasteiger partial charge in [0.1, 0.15) is 5.75 Å². The van der Waals surface area contributed by atoms with Gasteiger partial charge in [0.05, 0.1) is 7.11 Å². The molecule has 0 saturated carbocycles. The minimum absolute atomic E-state index is 0. The lowest BCUT2D eigenvalue weighted by molar-refractivity contribution is -0.001000. The fourth-order valence-electron chi connectivity index (χ4n) is 2.29. The summed E-state index contributed by atoms with van der Waals surface area (Å²) in [6.07, 6.45) is 1.13. The Morgan fingerprint density at radius 3 is 2.48 bits per heavy atom. The van der Waals surface area contributed by atoms with Gasteiger partial charge in [-0.1, -0.05) is 30.3 Å². The lowest BCUT2D eigenvalue weighted by Gasteiger charge is -2.13. The number of methoxy groups -OCH3 is 1. The minimum atomic E-state index is 0. The molecule has 0 aliphatic carbocycles. The summed E-state index contributed by atoms with van der Waals surface area (Å²) in [4.78, 5) is 0. The van der Waals surface area contributed by atoms with Crippen LogP contribution in [0.15, 0.2) is 36.4 Å². The van der Waals surface area contributed by atoms with E-state index < -0.39 is 0 Å². The van der Waals surface area contributed by atoms with Gasteiger partial charge >= 0.3 is 0 Å². The minimum Gasteiger partial charge on any atom is -1.00 e. The van der Waals surface area contributed by atoms with Gasteiger partial charge in [-0.25, -0.2) is 0 Å². The number of benzene rings is 2. The highest BCUT2D eigenvalue weighted by molar-refractivity contribution is 5.87. The number of hydrogen-bond donors (Lipinski definition) is 2. The molecule has 0 aliphatic heterocycles. The topological polar surface area (TPSA) is 33.3 Å². The zero-order valence-electron chi connectivity index (χ0n) is 12.5. The Labute approximate surface area is 139 Å². The largest absolute Gasteiger partial charge is 1.00 e. The molecule has 2 N–H and O–H groups in total. The van der Waals surface area contributed by atoms with Crippen molar-refractivity contribution in [3.63, 3.8) is 0 Å². The van der Waals surface area contributed by atoms with E-state index in [1.54, 1.807) is 7.11 Å². The van der Waals surface area contributed by atoms with Crippen molar-refractivity contribution in [1.29, 1.82) is 0 Å². The highest BCUT2D eigenvalue weighted by Crippen LogP contribution is 2.27. The summed E-state index contributed by atoms with van der Waals surface area (Å²) in [5.74, 6) is 0.958. The van der Waals surface area contributed by atoms with Crippen molar-refractivity contribution in [2.75, 3.05) is 27.2 Å². The predicted octanol–water partition coefficient (Wildman–Crippen LogP) is -3.44. The normalized spacial score (nSPS) is 9.81. The first kappa shape index (κ1) is 20.0. The van der Waals surface area contributed by atoms with Crippen molar-refractivity contribution in [2.24, 2.45) is 0 Å². The molecule has 0 bridgehead atoms. The van der Waals surface area contributed by atoms with E-state index in [0.717, 1.165) is 31.8 Å². The Morgan fingerprint density at radius 2 is 1.76 bits per heavy atom. The van der Waals surface area contributed by atoms with Crippen molar-refractivity contribution >= 4 is 10.8 Å². The molecule has 3 nitrogen and oxygen atoms in total.